The van der Waals surface area contributed by atoms with Crippen LogP contribution < -0.4 is 9.62 Å². The summed E-state index contributed by atoms with van der Waals surface area (Å²) in [7, 11) is -3.73. The minimum atomic E-state index is -3.73. The van der Waals surface area contributed by atoms with Crippen LogP contribution in [0, 0.1) is 11.6 Å². The second kappa shape index (κ2) is 7.35. The highest BCUT2D eigenvalue weighted by Crippen LogP contribution is 2.20. The predicted octanol–water partition coefficient (Wildman–Crippen LogP) is 1.56. The van der Waals surface area contributed by atoms with Crippen LogP contribution in [0.15, 0.2) is 42.7 Å². The Bertz CT molecular complexity index is 829. The summed E-state index contributed by atoms with van der Waals surface area (Å²) in [5, 5.41) is 2.54. The zero-order valence-electron chi connectivity index (χ0n) is 12.7. The molecule has 0 aliphatic heterocycles. The third-order valence-electron chi connectivity index (χ3n) is 3.12. The Balaban J connectivity index is 2.08. The van der Waals surface area contributed by atoms with Gasteiger partial charge in [0.2, 0.25) is 10.0 Å². The Labute approximate surface area is 138 Å². The average Bonchev–Trinajstić information content (AvgIpc) is 2.54. The Hall–Kier alpha value is -2.55. The molecule has 0 atom stereocenters. The number of amides is 1. The van der Waals surface area contributed by atoms with Gasteiger partial charge in [-0.2, -0.15) is 0 Å². The van der Waals surface area contributed by atoms with E-state index in [1.165, 1.54) is 12.4 Å². The number of hydrogen-bond acceptors (Lipinski definition) is 4. The van der Waals surface area contributed by atoms with Crippen molar-refractivity contribution in [3.63, 3.8) is 0 Å². The molecule has 128 valence electrons. The van der Waals surface area contributed by atoms with E-state index in [-0.39, 0.29) is 18.8 Å². The molecule has 0 bridgehead atoms. The molecule has 1 heterocycles. The number of aromatic nitrogens is 1. The van der Waals surface area contributed by atoms with Gasteiger partial charge in [0.05, 0.1) is 24.1 Å². The summed E-state index contributed by atoms with van der Waals surface area (Å²) in [5.74, 6) is -2.64. The normalized spacial score (nSPS) is 11.1. The standard InChI is InChI=1S/C15H15F2N3O3S/c1-24(22,23)20(12-4-5-13(16)14(17)9-12)8-7-19-15(21)11-3-2-6-18-10-11/h2-6,9-10H,7-8H2,1H3,(H,19,21). The summed E-state index contributed by atoms with van der Waals surface area (Å²) in [6.07, 6.45) is 3.83. The molecule has 1 N–H and O–H groups in total. The van der Waals surface area contributed by atoms with Gasteiger partial charge < -0.3 is 5.32 Å². The van der Waals surface area contributed by atoms with Crippen LogP contribution in [0.4, 0.5) is 14.5 Å². The second-order valence-electron chi connectivity index (χ2n) is 4.93. The SMILES string of the molecule is CS(=O)(=O)N(CCNC(=O)c1cccnc1)c1ccc(F)c(F)c1. The molecule has 0 saturated carbocycles. The predicted molar refractivity (Wildman–Crippen MR) is 85.1 cm³/mol. The maximum atomic E-state index is 13.3. The van der Waals surface area contributed by atoms with Crippen LogP contribution >= 0.6 is 0 Å². The van der Waals surface area contributed by atoms with Gasteiger partial charge in [-0.25, -0.2) is 17.2 Å². The molecule has 0 aliphatic carbocycles. The number of anilines is 1. The van der Waals surface area contributed by atoms with Gasteiger partial charge in [0, 0.05) is 25.0 Å². The van der Waals surface area contributed by atoms with Crippen LogP contribution in [0.1, 0.15) is 10.4 Å². The summed E-state index contributed by atoms with van der Waals surface area (Å²) in [4.78, 5) is 15.7. The Morgan fingerprint density at radius 2 is 2.00 bits per heavy atom. The molecule has 1 aromatic carbocycles. The molecule has 1 aromatic heterocycles. The fraction of sp³-hybridized carbons (Fsp3) is 0.200. The van der Waals surface area contributed by atoms with Crippen LogP contribution in [-0.2, 0) is 10.0 Å². The van der Waals surface area contributed by atoms with E-state index in [1.807, 2.05) is 0 Å². The van der Waals surface area contributed by atoms with Crippen LogP contribution in [0.2, 0.25) is 0 Å². The molecule has 9 heteroatoms. The average molecular weight is 355 g/mol. The van der Waals surface area contributed by atoms with E-state index in [4.69, 9.17) is 0 Å². The van der Waals surface area contributed by atoms with Crippen molar-refractivity contribution in [2.24, 2.45) is 0 Å². The zero-order valence-corrected chi connectivity index (χ0v) is 13.6. The Morgan fingerprint density at radius 1 is 1.25 bits per heavy atom. The van der Waals surface area contributed by atoms with E-state index in [9.17, 15) is 22.0 Å². The molecule has 0 unspecified atom stereocenters. The molecule has 0 spiro atoms. The van der Waals surface area contributed by atoms with Crippen LogP contribution in [0.3, 0.4) is 0 Å². The van der Waals surface area contributed by atoms with Crippen molar-refractivity contribution in [1.82, 2.24) is 10.3 Å². The number of pyridine rings is 1. The van der Waals surface area contributed by atoms with Gasteiger partial charge in [0.25, 0.3) is 5.91 Å². The lowest BCUT2D eigenvalue weighted by atomic mass is 10.2. The number of hydrogen-bond donors (Lipinski definition) is 1. The van der Waals surface area contributed by atoms with Gasteiger partial charge in [-0.15, -0.1) is 0 Å². The van der Waals surface area contributed by atoms with Crippen molar-refractivity contribution in [3.8, 4) is 0 Å². The summed E-state index contributed by atoms with van der Waals surface area (Å²) in [6.45, 7) is -0.143. The lowest BCUT2D eigenvalue weighted by molar-refractivity contribution is 0.0954. The first-order valence-electron chi connectivity index (χ1n) is 6.90. The molecule has 2 rings (SSSR count). The molecular weight excluding hydrogens is 340 g/mol. The molecular formula is C15H15F2N3O3S. The van der Waals surface area contributed by atoms with Crippen molar-refractivity contribution < 1.29 is 22.0 Å². The van der Waals surface area contributed by atoms with Crippen LogP contribution in [0.25, 0.3) is 0 Å². The second-order valence-corrected chi connectivity index (χ2v) is 6.84. The van der Waals surface area contributed by atoms with Crippen molar-refractivity contribution in [2.75, 3.05) is 23.7 Å². The maximum Gasteiger partial charge on any atom is 0.252 e. The van der Waals surface area contributed by atoms with E-state index < -0.39 is 27.6 Å². The first-order valence-corrected chi connectivity index (χ1v) is 8.75. The van der Waals surface area contributed by atoms with Gasteiger partial charge in [0.1, 0.15) is 0 Å². The summed E-state index contributed by atoms with van der Waals surface area (Å²) in [6, 6.07) is 5.95. The molecule has 24 heavy (non-hydrogen) atoms. The van der Waals surface area contributed by atoms with E-state index in [0.717, 1.165) is 28.8 Å². The van der Waals surface area contributed by atoms with Crippen LogP contribution in [-0.4, -0.2) is 38.7 Å². The highest BCUT2D eigenvalue weighted by Gasteiger charge is 2.19. The van der Waals surface area contributed by atoms with Crippen molar-refractivity contribution in [2.45, 2.75) is 0 Å². The van der Waals surface area contributed by atoms with Gasteiger partial charge in [-0.05, 0) is 24.3 Å². The summed E-state index contributed by atoms with van der Waals surface area (Å²) < 4.78 is 50.9. The van der Waals surface area contributed by atoms with Crippen molar-refractivity contribution in [3.05, 3.63) is 59.9 Å². The highest BCUT2D eigenvalue weighted by atomic mass is 32.2. The first kappa shape index (κ1) is 17.8. The minimum Gasteiger partial charge on any atom is -0.350 e. The number of nitrogens with zero attached hydrogens (tertiary/aromatic N) is 2. The third kappa shape index (κ3) is 4.48. The molecule has 2 aromatic rings. The van der Waals surface area contributed by atoms with Crippen LogP contribution in [0.5, 0.6) is 0 Å². The largest absolute Gasteiger partial charge is 0.350 e. The molecule has 0 fully saturated rings. The molecule has 0 aliphatic rings. The molecule has 0 saturated heterocycles. The smallest absolute Gasteiger partial charge is 0.252 e. The number of rotatable bonds is 6. The number of benzene rings is 1. The number of halogens is 2. The Kier molecular flexibility index (Phi) is 5.45. The maximum absolute atomic E-state index is 13.3. The summed E-state index contributed by atoms with van der Waals surface area (Å²) in [5.41, 5.74) is 0.309. The molecule has 1 amide bonds. The minimum absolute atomic E-state index is 0.0141. The first-order chi connectivity index (χ1) is 11.3. The molecule has 0 radical (unpaired) electrons. The van der Waals surface area contributed by atoms with Gasteiger partial charge >= 0.3 is 0 Å². The number of nitrogens with one attached hydrogen (secondary N) is 1. The molecule has 6 nitrogen and oxygen atoms in total. The van der Waals surface area contributed by atoms with Gasteiger partial charge in [-0.1, -0.05) is 0 Å². The van der Waals surface area contributed by atoms with Gasteiger partial charge in [0.15, 0.2) is 11.6 Å². The van der Waals surface area contributed by atoms with E-state index in [0.29, 0.717) is 5.56 Å². The Morgan fingerprint density at radius 3 is 2.58 bits per heavy atom. The fourth-order valence-corrected chi connectivity index (χ4v) is 2.92. The topological polar surface area (TPSA) is 79.4 Å². The zero-order chi connectivity index (χ0) is 17.7. The fourth-order valence-electron chi connectivity index (χ4n) is 2.00. The number of carbonyl (C=O) groups is 1. The quantitative estimate of drug-likeness (QED) is 0.853. The number of sulfonamides is 1. The van der Waals surface area contributed by atoms with Crippen molar-refractivity contribution in [1.29, 1.82) is 0 Å². The monoisotopic (exact) mass is 355 g/mol. The van der Waals surface area contributed by atoms with Crippen molar-refractivity contribution >= 4 is 21.6 Å². The summed E-state index contributed by atoms with van der Waals surface area (Å²) >= 11 is 0. The third-order valence-corrected chi connectivity index (χ3v) is 4.31. The lowest BCUT2D eigenvalue weighted by Crippen LogP contribution is -2.38. The van der Waals surface area contributed by atoms with E-state index >= 15 is 0 Å². The number of carbonyl (C=O) groups excluding carboxylic acids is 1. The van der Waals surface area contributed by atoms with Gasteiger partial charge in [-0.3, -0.25) is 14.1 Å². The van der Waals surface area contributed by atoms with E-state index in [2.05, 4.69) is 10.3 Å². The lowest BCUT2D eigenvalue weighted by Gasteiger charge is -2.22. The van der Waals surface area contributed by atoms with E-state index in [1.54, 1.807) is 12.1 Å². The highest BCUT2D eigenvalue weighted by molar-refractivity contribution is 7.92.